The molecule has 100 valence electrons. The summed E-state index contributed by atoms with van der Waals surface area (Å²) < 4.78 is 0. The van der Waals surface area contributed by atoms with Crippen LogP contribution >= 0.6 is 0 Å². The lowest BCUT2D eigenvalue weighted by Gasteiger charge is -2.34. The summed E-state index contributed by atoms with van der Waals surface area (Å²) in [4.78, 5) is 0. The minimum absolute atomic E-state index is 0.281. The van der Waals surface area contributed by atoms with E-state index in [4.69, 9.17) is 5.84 Å². The highest BCUT2D eigenvalue weighted by molar-refractivity contribution is 5.33. The first-order valence-electron chi connectivity index (χ1n) is 6.99. The van der Waals surface area contributed by atoms with Crippen LogP contribution in [0.2, 0.25) is 0 Å². The molecular weight excluding hydrogens is 220 g/mol. The number of benzene rings is 1. The number of nitrogens with two attached hydrogens (primary N) is 1. The van der Waals surface area contributed by atoms with Gasteiger partial charge in [-0.2, -0.15) is 0 Å². The summed E-state index contributed by atoms with van der Waals surface area (Å²) in [6.07, 6.45) is 3.90. The fraction of sp³-hybridized carbons (Fsp3) is 0.625. The molecule has 0 saturated heterocycles. The second kappa shape index (κ2) is 5.02. The van der Waals surface area contributed by atoms with Gasteiger partial charge in [-0.05, 0) is 49.1 Å². The van der Waals surface area contributed by atoms with E-state index >= 15 is 0 Å². The lowest BCUT2D eigenvalue weighted by atomic mass is 9.75. The van der Waals surface area contributed by atoms with E-state index in [0.717, 1.165) is 0 Å². The van der Waals surface area contributed by atoms with Crippen molar-refractivity contribution in [1.82, 2.24) is 5.43 Å². The number of aryl methyl sites for hydroxylation is 2. The third-order valence-electron chi connectivity index (χ3n) is 4.68. The van der Waals surface area contributed by atoms with Crippen LogP contribution in [0.3, 0.4) is 0 Å². The maximum absolute atomic E-state index is 5.86. The summed E-state index contributed by atoms with van der Waals surface area (Å²) in [6.45, 7) is 9.08. The van der Waals surface area contributed by atoms with Crippen LogP contribution in [-0.4, -0.2) is 0 Å². The summed E-state index contributed by atoms with van der Waals surface area (Å²) in [7, 11) is 0. The number of hydrazine groups is 1. The minimum Gasteiger partial charge on any atom is -0.271 e. The molecule has 0 spiro atoms. The van der Waals surface area contributed by atoms with Crippen LogP contribution < -0.4 is 11.3 Å². The van der Waals surface area contributed by atoms with Crippen molar-refractivity contribution in [1.29, 1.82) is 0 Å². The first kappa shape index (κ1) is 13.6. The van der Waals surface area contributed by atoms with E-state index in [-0.39, 0.29) is 6.04 Å². The molecule has 2 nitrogen and oxygen atoms in total. The van der Waals surface area contributed by atoms with Gasteiger partial charge in [0.1, 0.15) is 0 Å². The summed E-state index contributed by atoms with van der Waals surface area (Å²) >= 11 is 0. The van der Waals surface area contributed by atoms with Crippen molar-refractivity contribution >= 4 is 0 Å². The highest BCUT2D eigenvalue weighted by atomic mass is 15.2. The Morgan fingerprint density at radius 2 is 2.06 bits per heavy atom. The molecule has 3 N–H and O–H groups in total. The molecule has 2 unspecified atom stereocenters. The standard InChI is InChI=1S/C16H26N2/c1-11-7-8-13(12(2)10-11)15(18-17)14-6-5-9-16(14,3)4/h7-8,10,14-15,18H,5-6,9,17H2,1-4H3. The second-order valence-electron chi connectivity index (χ2n) is 6.49. The van der Waals surface area contributed by atoms with Crippen molar-refractivity contribution < 1.29 is 0 Å². The smallest absolute Gasteiger partial charge is 0.0495 e. The predicted molar refractivity (Wildman–Crippen MR) is 77.1 cm³/mol. The third kappa shape index (κ3) is 2.45. The van der Waals surface area contributed by atoms with Crippen molar-refractivity contribution in [2.24, 2.45) is 17.2 Å². The van der Waals surface area contributed by atoms with E-state index in [1.165, 1.54) is 36.0 Å². The third-order valence-corrected chi connectivity index (χ3v) is 4.68. The number of hydrogen-bond acceptors (Lipinski definition) is 2. The molecular formula is C16H26N2. The van der Waals surface area contributed by atoms with E-state index in [1.54, 1.807) is 0 Å². The monoisotopic (exact) mass is 246 g/mol. The molecule has 1 aliphatic carbocycles. The average molecular weight is 246 g/mol. The summed E-state index contributed by atoms with van der Waals surface area (Å²) in [6, 6.07) is 6.96. The van der Waals surface area contributed by atoms with Crippen LogP contribution in [0.4, 0.5) is 0 Å². The van der Waals surface area contributed by atoms with Gasteiger partial charge in [0, 0.05) is 6.04 Å². The van der Waals surface area contributed by atoms with Crippen molar-refractivity contribution in [3.05, 3.63) is 34.9 Å². The molecule has 0 aliphatic heterocycles. The molecule has 1 saturated carbocycles. The van der Waals surface area contributed by atoms with E-state index in [9.17, 15) is 0 Å². The zero-order chi connectivity index (χ0) is 13.3. The SMILES string of the molecule is Cc1ccc(C(NN)C2CCCC2(C)C)c(C)c1. The Labute approximate surface area is 111 Å². The second-order valence-corrected chi connectivity index (χ2v) is 6.49. The molecule has 1 fully saturated rings. The molecule has 0 bridgehead atoms. The van der Waals surface area contributed by atoms with Crippen molar-refractivity contribution in [3.8, 4) is 0 Å². The molecule has 2 atom stereocenters. The summed E-state index contributed by atoms with van der Waals surface area (Å²) in [5.41, 5.74) is 7.49. The Morgan fingerprint density at radius 1 is 1.33 bits per heavy atom. The Morgan fingerprint density at radius 3 is 2.56 bits per heavy atom. The van der Waals surface area contributed by atoms with Gasteiger partial charge in [0.2, 0.25) is 0 Å². The van der Waals surface area contributed by atoms with Crippen molar-refractivity contribution in [2.75, 3.05) is 0 Å². The molecule has 18 heavy (non-hydrogen) atoms. The van der Waals surface area contributed by atoms with Crippen molar-refractivity contribution in [2.45, 2.75) is 53.0 Å². The fourth-order valence-corrected chi connectivity index (χ4v) is 3.57. The molecule has 0 heterocycles. The topological polar surface area (TPSA) is 38.0 Å². The fourth-order valence-electron chi connectivity index (χ4n) is 3.57. The summed E-state index contributed by atoms with van der Waals surface area (Å²) in [5, 5.41) is 0. The molecule has 2 rings (SSSR count). The zero-order valence-electron chi connectivity index (χ0n) is 12.1. The van der Waals surface area contributed by atoms with Gasteiger partial charge >= 0.3 is 0 Å². The largest absolute Gasteiger partial charge is 0.271 e. The Hall–Kier alpha value is -0.860. The zero-order valence-corrected chi connectivity index (χ0v) is 12.1. The lowest BCUT2D eigenvalue weighted by Crippen LogP contribution is -2.38. The molecule has 1 aromatic carbocycles. The van der Waals surface area contributed by atoms with Crippen LogP contribution in [0.25, 0.3) is 0 Å². The van der Waals surface area contributed by atoms with Gasteiger partial charge in [-0.1, -0.05) is 44.0 Å². The average Bonchev–Trinajstić information content (AvgIpc) is 2.63. The van der Waals surface area contributed by atoms with Crippen LogP contribution in [0, 0.1) is 25.2 Å². The molecule has 0 aromatic heterocycles. The predicted octanol–water partition coefficient (Wildman–Crippen LogP) is 3.63. The van der Waals surface area contributed by atoms with Crippen LogP contribution in [0.5, 0.6) is 0 Å². The molecule has 1 aromatic rings. The van der Waals surface area contributed by atoms with E-state index in [0.29, 0.717) is 11.3 Å². The van der Waals surface area contributed by atoms with Crippen LogP contribution in [0.15, 0.2) is 18.2 Å². The number of nitrogens with one attached hydrogen (secondary N) is 1. The molecule has 0 amide bonds. The van der Waals surface area contributed by atoms with Gasteiger partial charge in [0.15, 0.2) is 0 Å². The lowest BCUT2D eigenvalue weighted by molar-refractivity contribution is 0.198. The Bertz CT molecular complexity index is 423. The minimum atomic E-state index is 0.281. The van der Waals surface area contributed by atoms with E-state index in [2.05, 4.69) is 51.3 Å². The number of rotatable bonds is 3. The maximum atomic E-state index is 5.86. The van der Waals surface area contributed by atoms with Gasteiger partial charge < -0.3 is 0 Å². The van der Waals surface area contributed by atoms with Crippen molar-refractivity contribution in [3.63, 3.8) is 0 Å². The Balaban J connectivity index is 2.33. The Kier molecular flexibility index (Phi) is 3.79. The van der Waals surface area contributed by atoms with Crippen LogP contribution in [0.1, 0.15) is 55.8 Å². The quantitative estimate of drug-likeness (QED) is 0.631. The summed E-state index contributed by atoms with van der Waals surface area (Å²) in [5.74, 6) is 6.49. The van der Waals surface area contributed by atoms with Gasteiger partial charge in [-0.15, -0.1) is 0 Å². The van der Waals surface area contributed by atoms with E-state index in [1.807, 2.05) is 0 Å². The first-order valence-corrected chi connectivity index (χ1v) is 6.99. The van der Waals surface area contributed by atoms with Gasteiger partial charge in [-0.3, -0.25) is 11.3 Å². The highest BCUT2D eigenvalue weighted by Crippen LogP contribution is 2.48. The van der Waals surface area contributed by atoms with Gasteiger partial charge in [-0.25, -0.2) is 0 Å². The first-order chi connectivity index (χ1) is 8.45. The maximum Gasteiger partial charge on any atom is 0.0495 e. The van der Waals surface area contributed by atoms with E-state index < -0.39 is 0 Å². The van der Waals surface area contributed by atoms with Gasteiger partial charge in [0.25, 0.3) is 0 Å². The van der Waals surface area contributed by atoms with Crippen LogP contribution in [-0.2, 0) is 0 Å². The number of hydrogen-bond donors (Lipinski definition) is 2. The highest BCUT2D eigenvalue weighted by Gasteiger charge is 2.40. The molecule has 1 aliphatic rings. The van der Waals surface area contributed by atoms with Gasteiger partial charge in [0.05, 0.1) is 0 Å². The molecule has 2 heteroatoms. The normalized spacial score (nSPS) is 24.2. The molecule has 0 radical (unpaired) electrons.